The summed E-state index contributed by atoms with van der Waals surface area (Å²) in [6.07, 6.45) is 1.10. The fourth-order valence-electron chi connectivity index (χ4n) is 3.62. The Balaban J connectivity index is 1.81. The summed E-state index contributed by atoms with van der Waals surface area (Å²) in [6, 6.07) is 4.89. The zero-order valence-corrected chi connectivity index (χ0v) is 19.0. The highest BCUT2D eigenvalue weighted by molar-refractivity contribution is 7.92. The molecule has 0 fully saturated rings. The van der Waals surface area contributed by atoms with Crippen LogP contribution in [0.4, 0.5) is 10.2 Å². The lowest BCUT2D eigenvalue weighted by Gasteiger charge is -2.36. The summed E-state index contributed by atoms with van der Waals surface area (Å²) in [4.78, 5) is 23.7. The molecule has 2 aromatic heterocycles. The van der Waals surface area contributed by atoms with Crippen LogP contribution < -0.4 is 4.31 Å². The molecule has 1 amide bonds. The van der Waals surface area contributed by atoms with Crippen LogP contribution >= 0.6 is 11.5 Å². The first-order valence-corrected chi connectivity index (χ1v) is 12.1. The SMILES string of the molecule is Cc1nsc(-c2nc(N(C)S(C)(=O)=O)c3n2CCN(C(=O)c2ccc(F)cc2)[C@@H]3C)n1. The molecule has 31 heavy (non-hydrogen) atoms. The second-order valence-corrected chi connectivity index (χ2v) is 10.1. The number of nitrogens with zero attached hydrogens (tertiary/aromatic N) is 6. The summed E-state index contributed by atoms with van der Waals surface area (Å²) < 4.78 is 45.0. The molecule has 0 aliphatic carbocycles. The van der Waals surface area contributed by atoms with Crippen LogP contribution in [0.15, 0.2) is 24.3 Å². The van der Waals surface area contributed by atoms with E-state index in [1.807, 2.05) is 11.5 Å². The Labute approximate surface area is 183 Å². The fraction of sp³-hybridized carbons (Fsp3) is 0.368. The van der Waals surface area contributed by atoms with Gasteiger partial charge in [-0.15, -0.1) is 0 Å². The van der Waals surface area contributed by atoms with Gasteiger partial charge in [-0.3, -0.25) is 9.10 Å². The molecule has 3 heterocycles. The minimum absolute atomic E-state index is 0.245. The van der Waals surface area contributed by atoms with Crippen molar-refractivity contribution < 1.29 is 17.6 Å². The number of halogens is 1. The third-order valence-electron chi connectivity index (χ3n) is 5.28. The van der Waals surface area contributed by atoms with E-state index in [1.54, 1.807) is 11.8 Å². The van der Waals surface area contributed by atoms with E-state index >= 15 is 0 Å². The van der Waals surface area contributed by atoms with E-state index < -0.39 is 21.9 Å². The Kier molecular flexibility index (Phi) is 5.30. The number of hydrogen-bond acceptors (Lipinski definition) is 7. The molecular weight excluding hydrogens is 443 g/mol. The van der Waals surface area contributed by atoms with Gasteiger partial charge in [0.2, 0.25) is 10.0 Å². The first-order chi connectivity index (χ1) is 14.6. The molecule has 0 unspecified atom stereocenters. The molecule has 1 aliphatic rings. The lowest BCUT2D eigenvalue weighted by atomic mass is 10.1. The number of imidazole rings is 1. The lowest BCUT2D eigenvalue weighted by molar-refractivity contribution is 0.0645. The van der Waals surface area contributed by atoms with Crippen molar-refractivity contribution in [1.82, 2.24) is 23.8 Å². The maximum Gasteiger partial charge on any atom is 0.254 e. The molecule has 9 nitrogen and oxygen atoms in total. The van der Waals surface area contributed by atoms with Crippen LogP contribution in [0.3, 0.4) is 0 Å². The number of carbonyl (C=O) groups is 1. The molecule has 164 valence electrons. The van der Waals surface area contributed by atoms with Gasteiger partial charge < -0.3 is 9.47 Å². The van der Waals surface area contributed by atoms with E-state index in [0.717, 1.165) is 10.6 Å². The Morgan fingerprint density at radius 3 is 2.48 bits per heavy atom. The predicted molar refractivity (Wildman–Crippen MR) is 115 cm³/mol. The topological polar surface area (TPSA) is 101 Å². The Morgan fingerprint density at radius 1 is 1.23 bits per heavy atom. The number of anilines is 1. The maximum absolute atomic E-state index is 13.3. The van der Waals surface area contributed by atoms with Gasteiger partial charge in [-0.2, -0.15) is 4.37 Å². The van der Waals surface area contributed by atoms with Crippen LogP contribution in [0.25, 0.3) is 10.8 Å². The average molecular weight is 465 g/mol. The van der Waals surface area contributed by atoms with Gasteiger partial charge in [0, 0.05) is 25.7 Å². The lowest BCUT2D eigenvalue weighted by Crippen LogP contribution is -2.42. The molecule has 1 atom stereocenters. The largest absolute Gasteiger partial charge is 0.328 e. The number of sulfonamides is 1. The van der Waals surface area contributed by atoms with E-state index in [2.05, 4.69) is 14.3 Å². The number of rotatable bonds is 4. The number of hydrogen-bond donors (Lipinski definition) is 0. The number of carbonyl (C=O) groups excluding carboxylic acids is 1. The molecular formula is C19H21FN6O3S2. The normalized spacial score (nSPS) is 16.3. The van der Waals surface area contributed by atoms with Gasteiger partial charge in [0.25, 0.3) is 5.91 Å². The van der Waals surface area contributed by atoms with Crippen molar-refractivity contribution in [1.29, 1.82) is 0 Å². The second-order valence-electron chi connectivity index (χ2n) is 7.35. The highest BCUT2D eigenvalue weighted by Gasteiger charge is 2.36. The summed E-state index contributed by atoms with van der Waals surface area (Å²) >= 11 is 1.19. The van der Waals surface area contributed by atoms with Gasteiger partial charge in [-0.05, 0) is 49.6 Å². The van der Waals surface area contributed by atoms with Gasteiger partial charge in [-0.1, -0.05) is 0 Å². The molecule has 12 heteroatoms. The van der Waals surface area contributed by atoms with Gasteiger partial charge in [0.1, 0.15) is 11.6 Å². The Morgan fingerprint density at radius 2 is 1.90 bits per heavy atom. The van der Waals surface area contributed by atoms with Gasteiger partial charge in [0.15, 0.2) is 16.6 Å². The standard InChI is InChI=1S/C19H21FN6O3S2/c1-11-15-16(24(3)31(4,28)29)22-17(18-21-12(2)23-30-18)26(15)10-9-25(11)19(27)13-5-7-14(20)8-6-13/h5-8,11H,9-10H2,1-4H3/t11-/m1/s1. The van der Waals surface area contributed by atoms with Crippen LogP contribution in [-0.2, 0) is 16.6 Å². The van der Waals surface area contributed by atoms with Crippen LogP contribution in [0.2, 0.25) is 0 Å². The summed E-state index contributed by atoms with van der Waals surface area (Å²) in [7, 11) is -2.16. The maximum atomic E-state index is 13.3. The number of aryl methyl sites for hydroxylation is 1. The Bertz CT molecular complexity index is 1250. The fourth-order valence-corrected chi connectivity index (χ4v) is 4.73. The monoisotopic (exact) mass is 464 g/mol. The van der Waals surface area contributed by atoms with E-state index in [9.17, 15) is 17.6 Å². The third-order valence-corrected chi connectivity index (χ3v) is 7.25. The molecule has 0 saturated carbocycles. The Hall–Kier alpha value is -2.86. The summed E-state index contributed by atoms with van der Waals surface area (Å²) in [5.41, 5.74) is 0.955. The molecule has 0 N–H and O–H groups in total. The molecule has 0 radical (unpaired) electrons. The highest BCUT2D eigenvalue weighted by atomic mass is 32.2. The van der Waals surface area contributed by atoms with Crippen LogP contribution in [0, 0.1) is 12.7 Å². The minimum atomic E-state index is -3.59. The van der Waals surface area contributed by atoms with Gasteiger partial charge in [0.05, 0.1) is 18.0 Å². The van der Waals surface area contributed by atoms with Crippen molar-refractivity contribution in [3.05, 3.63) is 47.2 Å². The summed E-state index contributed by atoms with van der Waals surface area (Å²) in [5, 5.41) is 0.581. The molecule has 0 saturated heterocycles. The molecule has 1 aromatic carbocycles. The quantitative estimate of drug-likeness (QED) is 0.588. The van der Waals surface area contributed by atoms with E-state index in [1.165, 1.54) is 42.8 Å². The third kappa shape index (κ3) is 3.81. The molecule has 0 bridgehead atoms. The summed E-state index contributed by atoms with van der Waals surface area (Å²) in [6.45, 7) is 4.39. The van der Waals surface area contributed by atoms with Crippen molar-refractivity contribution in [2.24, 2.45) is 0 Å². The molecule has 4 rings (SSSR count). The number of fused-ring (bicyclic) bond motifs is 1. The zero-order chi connectivity index (χ0) is 22.5. The van der Waals surface area contributed by atoms with Crippen LogP contribution in [0.1, 0.15) is 34.8 Å². The number of benzene rings is 1. The first-order valence-electron chi connectivity index (χ1n) is 9.49. The molecule has 1 aliphatic heterocycles. The highest BCUT2D eigenvalue weighted by Crippen LogP contribution is 2.38. The average Bonchev–Trinajstić information content (AvgIpc) is 3.31. The van der Waals surface area contributed by atoms with Crippen LogP contribution in [-0.4, -0.2) is 58.0 Å². The zero-order valence-electron chi connectivity index (χ0n) is 17.4. The second kappa shape index (κ2) is 7.68. The van der Waals surface area contributed by atoms with Gasteiger partial charge in [-0.25, -0.2) is 22.8 Å². The molecule has 0 spiro atoms. The number of amides is 1. The molecule has 3 aromatic rings. The van der Waals surface area contributed by atoms with Crippen molar-refractivity contribution >= 4 is 33.3 Å². The predicted octanol–water partition coefficient (Wildman–Crippen LogP) is 2.46. The van der Waals surface area contributed by atoms with Crippen molar-refractivity contribution in [2.75, 3.05) is 24.2 Å². The minimum Gasteiger partial charge on any atom is -0.328 e. The van der Waals surface area contributed by atoms with E-state index in [-0.39, 0.29) is 11.7 Å². The van der Waals surface area contributed by atoms with E-state index in [4.69, 9.17) is 0 Å². The van der Waals surface area contributed by atoms with Gasteiger partial charge >= 0.3 is 0 Å². The summed E-state index contributed by atoms with van der Waals surface area (Å²) in [5.74, 6) is 0.685. The number of aromatic nitrogens is 4. The van der Waals surface area contributed by atoms with Crippen molar-refractivity contribution in [3.63, 3.8) is 0 Å². The van der Waals surface area contributed by atoms with Crippen molar-refractivity contribution in [3.8, 4) is 10.8 Å². The van der Waals surface area contributed by atoms with Crippen LogP contribution in [0.5, 0.6) is 0 Å². The first kappa shape index (κ1) is 21.4. The smallest absolute Gasteiger partial charge is 0.254 e. The van der Waals surface area contributed by atoms with Crippen molar-refractivity contribution in [2.45, 2.75) is 26.4 Å². The van der Waals surface area contributed by atoms with E-state index in [0.29, 0.717) is 41.0 Å².